The molecule has 2 nitrogen and oxygen atoms in total. The van der Waals surface area contributed by atoms with Gasteiger partial charge >= 0.3 is 294 Å². The predicted octanol–water partition coefficient (Wildman–Crippen LogP) is 10.3. The van der Waals surface area contributed by atoms with Crippen molar-refractivity contribution in [1.29, 1.82) is 0 Å². The van der Waals surface area contributed by atoms with E-state index in [1.54, 1.807) is 24.0 Å². The first-order valence-electron chi connectivity index (χ1n) is 17.7. The summed E-state index contributed by atoms with van der Waals surface area (Å²) in [5.41, 5.74) is 7.43. The molecule has 2 aliphatic carbocycles. The third kappa shape index (κ3) is 6.58. The molecule has 0 atom stereocenters. The summed E-state index contributed by atoms with van der Waals surface area (Å²) >= 11 is 1.78. The van der Waals surface area contributed by atoms with Crippen LogP contribution in [0.3, 0.4) is 0 Å². The van der Waals surface area contributed by atoms with Gasteiger partial charge in [-0.25, -0.2) is 0 Å². The minimum absolute atomic E-state index is 0.112. The Kier molecular flexibility index (Phi) is 10.7. The molecule has 0 amide bonds. The number of hydrogen-bond donors (Lipinski definition) is 0. The summed E-state index contributed by atoms with van der Waals surface area (Å²) < 4.78 is 3.81. The molecule has 0 heterocycles. The first-order valence-corrected chi connectivity index (χ1v) is 20.8. The molecule has 0 aromatic heterocycles. The number of carbonyl (C=O) groups is 2. The summed E-state index contributed by atoms with van der Waals surface area (Å²) in [5.74, 6) is -0.230. The molecule has 7 rings (SSSR count). The number of hydrogen-bond acceptors (Lipinski definition) is 2. The van der Waals surface area contributed by atoms with E-state index < -0.39 is 7.26 Å². The average molecular weight is 869 g/mol. The van der Waals surface area contributed by atoms with E-state index in [-0.39, 0.29) is 11.6 Å². The van der Waals surface area contributed by atoms with Gasteiger partial charge in [-0.15, -0.1) is 0 Å². The molecular formula is C48H39O2OsP+. The molecule has 5 aromatic rings. The normalized spacial score (nSPS) is 16.3. The monoisotopic (exact) mass is 870 g/mol. The number of carbonyl (C=O) groups excluding carboxylic acids is 2. The predicted molar refractivity (Wildman–Crippen MR) is 215 cm³/mol. The van der Waals surface area contributed by atoms with E-state index >= 15 is 0 Å². The van der Waals surface area contributed by atoms with Crippen LogP contribution in [0.1, 0.15) is 76.1 Å². The third-order valence-corrected chi connectivity index (χ3v) is 15.4. The molecule has 5 aromatic carbocycles. The Morgan fingerprint density at radius 3 is 1.58 bits per heavy atom. The molecule has 0 bridgehead atoms. The number of benzene rings is 5. The first kappa shape index (κ1) is 35.4. The van der Waals surface area contributed by atoms with Crippen LogP contribution in [0.2, 0.25) is 0 Å². The van der Waals surface area contributed by atoms with Crippen molar-refractivity contribution in [3.05, 3.63) is 207 Å². The third-order valence-electron chi connectivity index (χ3n) is 9.99. The summed E-state index contributed by atoms with van der Waals surface area (Å²) in [7, 11) is -2.45. The van der Waals surface area contributed by atoms with Crippen LogP contribution in [0.15, 0.2) is 174 Å². The van der Waals surface area contributed by atoms with Crippen LogP contribution in [0.5, 0.6) is 0 Å². The SMILES string of the molecule is CC=C1CCCC1=CC(/C=C/c1ccc2c(c1)C(=O)c1cc(/C=C/C)ccc1C2=O)=C([C]#[Os])[P+](c1ccccc1)(c1ccccc1)c1ccccc1. The fourth-order valence-corrected chi connectivity index (χ4v) is 13.3. The Morgan fingerprint density at radius 2 is 1.10 bits per heavy atom. The van der Waals surface area contributed by atoms with Crippen LogP contribution in [-0.4, -0.2) is 11.6 Å². The topological polar surface area (TPSA) is 34.1 Å². The zero-order valence-corrected chi connectivity index (χ0v) is 32.8. The van der Waals surface area contributed by atoms with Crippen molar-refractivity contribution in [3.8, 4) is 4.37 Å². The minimum atomic E-state index is -2.45. The van der Waals surface area contributed by atoms with Gasteiger partial charge in [0.25, 0.3) is 0 Å². The van der Waals surface area contributed by atoms with Gasteiger partial charge in [0.15, 0.2) is 0 Å². The second-order valence-corrected chi connectivity index (χ2v) is 17.0. The fourth-order valence-electron chi connectivity index (χ4n) is 7.53. The molecule has 0 radical (unpaired) electrons. The summed E-state index contributed by atoms with van der Waals surface area (Å²) in [6, 6.07) is 43.8. The summed E-state index contributed by atoms with van der Waals surface area (Å²) in [5, 5.41) is 4.95. The van der Waals surface area contributed by atoms with Gasteiger partial charge in [-0.1, -0.05) is 18.2 Å². The number of fused-ring (bicyclic) bond motifs is 2. The molecule has 52 heavy (non-hydrogen) atoms. The van der Waals surface area contributed by atoms with Crippen molar-refractivity contribution in [3.63, 3.8) is 0 Å². The Bertz CT molecular complexity index is 2280. The van der Waals surface area contributed by atoms with E-state index in [0.717, 1.165) is 41.3 Å². The Labute approximate surface area is 317 Å². The van der Waals surface area contributed by atoms with E-state index in [2.05, 4.69) is 127 Å². The maximum atomic E-state index is 13.9. The van der Waals surface area contributed by atoms with Gasteiger partial charge in [-0.05, 0) is 6.92 Å². The van der Waals surface area contributed by atoms with Crippen LogP contribution in [0, 0.1) is 4.37 Å². The first-order chi connectivity index (χ1) is 25.5. The van der Waals surface area contributed by atoms with Crippen LogP contribution in [0.4, 0.5) is 0 Å². The van der Waals surface area contributed by atoms with Gasteiger partial charge in [-0.2, -0.15) is 0 Å². The Hall–Kier alpha value is -5.01. The van der Waals surface area contributed by atoms with Crippen molar-refractivity contribution < 1.29 is 27.5 Å². The number of ketones is 2. The van der Waals surface area contributed by atoms with Gasteiger partial charge < -0.3 is 0 Å². The quantitative estimate of drug-likeness (QED) is 0.113. The molecule has 1 saturated carbocycles. The zero-order valence-electron chi connectivity index (χ0n) is 29.3. The average Bonchev–Trinajstić information content (AvgIpc) is 3.66. The molecule has 0 saturated heterocycles. The summed E-state index contributed by atoms with van der Waals surface area (Å²) in [6.45, 7) is 4.07. The second kappa shape index (κ2) is 15.7. The van der Waals surface area contributed by atoms with Crippen LogP contribution >= 0.6 is 7.26 Å². The van der Waals surface area contributed by atoms with Crippen molar-refractivity contribution in [2.75, 3.05) is 0 Å². The fraction of sp³-hybridized carbons (Fsp3) is 0.104. The van der Waals surface area contributed by atoms with Crippen molar-refractivity contribution >= 4 is 46.9 Å². The van der Waals surface area contributed by atoms with Gasteiger partial charge in [0.05, 0.1) is 0 Å². The second-order valence-electron chi connectivity index (χ2n) is 13.0. The maximum absolute atomic E-state index is 13.9. The van der Waals surface area contributed by atoms with Crippen molar-refractivity contribution in [2.45, 2.75) is 33.1 Å². The van der Waals surface area contributed by atoms with Crippen LogP contribution < -0.4 is 15.9 Å². The van der Waals surface area contributed by atoms with E-state index in [1.165, 1.54) is 27.1 Å². The molecule has 2 aliphatic rings. The molecule has 0 aliphatic heterocycles. The number of rotatable bonds is 8. The van der Waals surface area contributed by atoms with Crippen LogP contribution in [-0.2, 0) is 17.9 Å². The van der Waals surface area contributed by atoms with E-state index in [9.17, 15) is 9.59 Å². The van der Waals surface area contributed by atoms with Crippen LogP contribution in [0.25, 0.3) is 12.2 Å². The van der Waals surface area contributed by atoms with E-state index in [1.807, 2.05) is 49.4 Å². The molecule has 4 heteroatoms. The van der Waals surface area contributed by atoms with E-state index in [0.29, 0.717) is 22.3 Å². The molecule has 255 valence electrons. The number of allylic oxidation sites excluding steroid dienone is 8. The van der Waals surface area contributed by atoms with Gasteiger partial charge in [-0.3, -0.25) is 0 Å². The standard InChI is InChI=1S/C48H39O2P.Os/c1-4-16-35-26-29-43-45(31-35)48(50)46-32-36(27-30-44(46)47(43)49)25-28-38(33-39-18-15-17-37(39)5-2)34(3)51(40-19-9-6-10-20-40,41-21-11-7-12-22-41)42-23-13-8-14-24-42;/h4-14,16,19-33H,15,17-18H2,1-2H3;/q+1;/b16-4+,28-25+,37-5?,38-34?,39-33?;. The molecular weight excluding hydrogens is 830 g/mol. The summed E-state index contributed by atoms with van der Waals surface area (Å²) in [4.78, 5) is 27.5. The van der Waals surface area contributed by atoms with Crippen molar-refractivity contribution in [2.24, 2.45) is 0 Å². The van der Waals surface area contributed by atoms with E-state index in [4.69, 9.17) is 0 Å². The van der Waals surface area contributed by atoms with Gasteiger partial charge in [0.1, 0.15) is 0 Å². The van der Waals surface area contributed by atoms with Crippen molar-refractivity contribution in [1.82, 2.24) is 0 Å². The van der Waals surface area contributed by atoms with Gasteiger partial charge in [0, 0.05) is 0 Å². The van der Waals surface area contributed by atoms with Gasteiger partial charge in [0.2, 0.25) is 0 Å². The Balaban J connectivity index is 1.46. The molecule has 0 spiro atoms. The molecule has 0 unspecified atom stereocenters. The molecule has 0 N–H and O–H groups in total. The zero-order chi connectivity index (χ0) is 36.1. The molecule has 1 fully saturated rings. The Morgan fingerprint density at radius 1 is 0.615 bits per heavy atom. The summed E-state index contributed by atoms with van der Waals surface area (Å²) in [6.07, 6.45) is 16.0.